The van der Waals surface area contributed by atoms with E-state index in [1.165, 1.54) is 13.0 Å². The van der Waals surface area contributed by atoms with Crippen molar-refractivity contribution in [2.75, 3.05) is 12.1 Å². The number of rotatable bonds is 2. The molecule has 1 aromatic carbocycles. The van der Waals surface area contributed by atoms with Crippen molar-refractivity contribution in [2.24, 2.45) is 0 Å². The fourth-order valence-corrected chi connectivity index (χ4v) is 1.64. The number of nitrogens with one attached hydrogen (secondary N) is 1. The number of ether oxygens (including phenoxy) is 2. The van der Waals surface area contributed by atoms with Gasteiger partial charge in [-0.15, -0.1) is 0 Å². The molecule has 1 aromatic rings. The average molecular weight is 238 g/mol. The van der Waals surface area contributed by atoms with Gasteiger partial charge in [-0.1, -0.05) is 0 Å². The highest BCUT2D eigenvalue weighted by atomic mass is 16.7. The molecule has 0 atom stereocenters. The van der Waals surface area contributed by atoms with Gasteiger partial charge in [0.05, 0.1) is 17.1 Å². The van der Waals surface area contributed by atoms with Crippen molar-refractivity contribution in [1.82, 2.24) is 0 Å². The fraction of sp³-hybridized carbons (Fsp3) is 0.300. The molecule has 7 nitrogen and oxygen atoms in total. The van der Waals surface area contributed by atoms with Gasteiger partial charge >= 0.3 is 5.69 Å². The van der Waals surface area contributed by atoms with Gasteiger partial charge in [0, 0.05) is 6.92 Å². The topological polar surface area (TPSA) is 90.7 Å². The van der Waals surface area contributed by atoms with E-state index in [-0.39, 0.29) is 30.7 Å². The van der Waals surface area contributed by atoms with Crippen LogP contribution in [0, 0.1) is 10.1 Å². The molecular formula is C10H10N2O5. The van der Waals surface area contributed by atoms with Crippen LogP contribution in [0.25, 0.3) is 0 Å². The number of nitrogens with zero attached hydrogens (tertiary/aromatic N) is 1. The lowest BCUT2D eigenvalue weighted by Crippen LogP contribution is -2.15. The monoisotopic (exact) mass is 238 g/mol. The average Bonchev–Trinajstić information content (AvgIpc) is 2.27. The minimum Gasteiger partial charge on any atom is -0.467 e. The van der Waals surface area contributed by atoms with Crippen molar-refractivity contribution in [3.8, 4) is 5.75 Å². The van der Waals surface area contributed by atoms with Crippen molar-refractivity contribution in [3.05, 3.63) is 27.8 Å². The first-order valence-electron chi connectivity index (χ1n) is 4.88. The molecule has 1 aliphatic heterocycles. The van der Waals surface area contributed by atoms with Crippen LogP contribution in [0.4, 0.5) is 11.4 Å². The maximum Gasteiger partial charge on any atom is 0.301 e. The van der Waals surface area contributed by atoms with Gasteiger partial charge in [-0.05, 0) is 12.1 Å². The number of carbonyl (C=O) groups is 1. The molecule has 0 saturated heterocycles. The van der Waals surface area contributed by atoms with Crippen molar-refractivity contribution < 1.29 is 19.2 Å². The lowest BCUT2D eigenvalue weighted by molar-refractivity contribution is -0.385. The van der Waals surface area contributed by atoms with E-state index in [0.717, 1.165) is 0 Å². The van der Waals surface area contributed by atoms with Crippen molar-refractivity contribution in [3.63, 3.8) is 0 Å². The van der Waals surface area contributed by atoms with Crippen LogP contribution < -0.4 is 10.1 Å². The molecule has 0 unspecified atom stereocenters. The van der Waals surface area contributed by atoms with Crippen molar-refractivity contribution in [1.29, 1.82) is 0 Å². The highest BCUT2D eigenvalue weighted by molar-refractivity contribution is 5.92. The first-order chi connectivity index (χ1) is 8.09. The maximum absolute atomic E-state index is 11.0. The van der Waals surface area contributed by atoms with E-state index in [1.54, 1.807) is 6.07 Å². The molecule has 0 saturated carbocycles. The normalized spacial score (nSPS) is 13.5. The largest absolute Gasteiger partial charge is 0.467 e. The quantitative estimate of drug-likeness (QED) is 0.621. The zero-order chi connectivity index (χ0) is 12.4. The third kappa shape index (κ3) is 2.18. The SMILES string of the molecule is CC(=O)Nc1ccc2c(c1[N+](=O)[O-])COCO2. The Balaban J connectivity index is 2.53. The molecule has 0 radical (unpaired) electrons. The molecule has 0 aliphatic carbocycles. The molecule has 1 amide bonds. The Morgan fingerprint density at radius 1 is 1.53 bits per heavy atom. The van der Waals surface area contributed by atoms with Gasteiger partial charge in [-0.25, -0.2) is 0 Å². The summed E-state index contributed by atoms with van der Waals surface area (Å²) >= 11 is 0. The first kappa shape index (κ1) is 11.3. The van der Waals surface area contributed by atoms with Crippen LogP contribution >= 0.6 is 0 Å². The molecule has 1 heterocycles. The second-order valence-electron chi connectivity index (χ2n) is 3.49. The highest BCUT2D eigenvalue weighted by Gasteiger charge is 2.26. The molecule has 0 fully saturated rings. The number of hydrogen-bond donors (Lipinski definition) is 1. The van der Waals surface area contributed by atoms with E-state index in [9.17, 15) is 14.9 Å². The summed E-state index contributed by atoms with van der Waals surface area (Å²) in [5.41, 5.74) is 0.306. The number of benzene rings is 1. The Morgan fingerprint density at radius 3 is 2.94 bits per heavy atom. The molecule has 0 bridgehead atoms. The number of nitro groups is 1. The van der Waals surface area contributed by atoms with Crippen LogP contribution in [0.15, 0.2) is 12.1 Å². The Bertz CT molecular complexity index is 486. The smallest absolute Gasteiger partial charge is 0.301 e. The van der Waals surface area contributed by atoms with E-state index in [2.05, 4.69) is 5.32 Å². The minimum absolute atomic E-state index is 0.0731. The molecule has 17 heavy (non-hydrogen) atoms. The molecule has 1 N–H and O–H groups in total. The second-order valence-corrected chi connectivity index (χ2v) is 3.49. The van der Waals surface area contributed by atoms with Gasteiger partial charge in [0.25, 0.3) is 0 Å². The van der Waals surface area contributed by atoms with Crippen LogP contribution in [0.3, 0.4) is 0 Å². The van der Waals surface area contributed by atoms with Crippen LogP contribution in [0.1, 0.15) is 12.5 Å². The number of carbonyl (C=O) groups excluding carboxylic acids is 1. The number of hydrogen-bond acceptors (Lipinski definition) is 5. The summed E-state index contributed by atoms with van der Waals surface area (Å²) in [6.07, 6.45) is 0. The van der Waals surface area contributed by atoms with Crippen LogP contribution in [0.5, 0.6) is 5.75 Å². The summed E-state index contributed by atoms with van der Waals surface area (Å²) in [6, 6.07) is 3.03. The van der Waals surface area contributed by atoms with Gasteiger partial charge in [-0.3, -0.25) is 14.9 Å². The molecule has 1 aliphatic rings. The Hall–Kier alpha value is -2.15. The van der Waals surface area contributed by atoms with Crippen molar-refractivity contribution >= 4 is 17.3 Å². The van der Waals surface area contributed by atoms with Gasteiger partial charge in [0.1, 0.15) is 11.4 Å². The zero-order valence-corrected chi connectivity index (χ0v) is 9.06. The van der Waals surface area contributed by atoms with Gasteiger partial charge in [-0.2, -0.15) is 0 Å². The third-order valence-electron chi connectivity index (χ3n) is 2.28. The minimum atomic E-state index is -0.553. The Kier molecular flexibility index (Phi) is 2.92. The Labute approximate surface area is 96.5 Å². The van der Waals surface area contributed by atoms with E-state index >= 15 is 0 Å². The first-order valence-corrected chi connectivity index (χ1v) is 4.88. The van der Waals surface area contributed by atoms with Gasteiger partial charge in [0.15, 0.2) is 6.79 Å². The predicted molar refractivity (Wildman–Crippen MR) is 57.7 cm³/mol. The molecule has 2 rings (SSSR count). The summed E-state index contributed by atoms with van der Waals surface area (Å²) in [5.74, 6) is 0.0442. The molecule has 7 heteroatoms. The maximum atomic E-state index is 11.0. The molecular weight excluding hydrogens is 228 g/mol. The summed E-state index contributed by atoms with van der Waals surface area (Å²) in [5, 5.41) is 13.4. The Morgan fingerprint density at radius 2 is 2.29 bits per heavy atom. The zero-order valence-electron chi connectivity index (χ0n) is 9.06. The summed E-state index contributed by atoms with van der Waals surface area (Å²) in [4.78, 5) is 21.4. The number of anilines is 1. The second kappa shape index (κ2) is 4.38. The van der Waals surface area contributed by atoms with E-state index in [4.69, 9.17) is 9.47 Å². The highest BCUT2D eigenvalue weighted by Crippen LogP contribution is 2.37. The van der Waals surface area contributed by atoms with Crippen molar-refractivity contribution in [2.45, 2.75) is 13.5 Å². The van der Waals surface area contributed by atoms with Gasteiger partial charge < -0.3 is 14.8 Å². The lowest BCUT2D eigenvalue weighted by atomic mass is 10.1. The standard InChI is InChI=1S/C10H10N2O5/c1-6(13)11-8-2-3-9-7(4-16-5-17-9)10(8)12(14)15/h2-3H,4-5H2,1H3,(H,11,13). The lowest BCUT2D eigenvalue weighted by Gasteiger charge is -2.18. The number of nitro benzene ring substituents is 1. The molecule has 0 aromatic heterocycles. The fourth-order valence-electron chi connectivity index (χ4n) is 1.64. The predicted octanol–water partition coefficient (Wildman–Crippen LogP) is 1.42. The van der Waals surface area contributed by atoms with Crippen LogP contribution in [0.2, 0.25) is 0 Å². The van der Waals surface area contributed by atoms with E-state index in [0.29, 0.717) is 11.3 Å². The third-order valence-corrected chi connectivity index (χ3v) is 2.28. The summed E-state index contributed by atoms with van der Waals surface area (Å²) in [7, 11) is 0. The summed E-state index contributed by atoms with van der Waals surface area (Å²) in [6.45, 7) is 1.46. The molecule has 90 valence electrons. The summed E-state index contributed by atoms with van der Waals surface area (Å²) < 4.78 is 10.1. The molecule has 0 spiro atoms. The van der Waals surface area contributed by atoms with Crippen LogP contribution in [-0.4, -0.2) is 17.6 Å². The number of fused-ring (bicyclic) bond motifs is 1. The van der Waals surface area contributed by atoms with Gasteiger partial charge in [0.2, 0.25) is 5.91 Å². The number of amides is 1. The van der Waals surface area contributed by atoms with E-state index < -0.39 is 4.92 Å². The van der Waals surface area contributed by atoms with Crippen LogP contribution in [-0.2, 0) is 16.1 Å². The van der Waals surface area contributed by atoms with E-state index in [1.807, 2.05) is 0 Å².